The Balaban J connectivity index is 0.000000225. The van der Waals surface area contributed by atoms with Gasteiger partial charge in [0.15, 0.2) is 5.78 Å². The van der Waals surface area contributed by atoms with Crippen LogP contribution >= 0.6 is 35.1 Å². The van der Waals surface area contributed by atoms with Crippen molar-refractivity contribution < 1.29 is 63.0 Å². The van der Waals surface area contributed by atoms with E-state index >= 15 is 0 Å². The average Bonchev–Trinajstić information content (AvgIpc) is 1.78. The van der Waals surface area contributed by atoms with Crippen LogP contribution in [0, 0.1) is 5.92 Å². The Bertz CT molecular complexity index is 3540. The topological polar surface area (TPSA) is 282 Å². The fourth-order valence-corrected chi connectivity index (χ4v) is 12.3. The smallest absolute Gasteiger partial charge is 0.410 e. The monoisotopic (exact) mass is 1370 g/mol. The molecule has 8 aromatic rings. The number of aliphatic hydroxyl groups excluding tert-OH is 2. The first-order valence-corrected chi connectivity index (χ1v) is 33.5. The van der Waals surface area contributed by atoms with Crippen molar-refractivity contribution in [3.63, 3.8) is 0 Å². The Kier molecular flexibility index (Phi) is 31.3. The molecule has 2 aliphatic heterocycles. The van der Waals surface area contributed by atoms with Gasteiger partial charge in [-0.05, 0) is 90.7 Å². The Labute approximate surface area is 574 Å². The molecule has 20 nitrogen and oxygen atoms in total. The van der Waals surface area contributed by atoms with Crippen LogP contribution in [0.2, 0.25) is 0 Å². The minimum absolute atomic E-state index is 0. The number of β-amino-alcohol motifs (C(OH)–C–C–N with tert-alkyl or cyclic N) is 2. The molecule has 0 spiro atoms. The normalized spacial score (nSPS) is 16.7. The molecular formula is C73H84ClN7O13S2. The van der Waals surface area contributed by atoms with Gasteiger partial charge in [0.05, 0.1) is 52.1 Å². The van der Waals surface area contributed by atoms with Gasteiger partial charge in [0.1, 0.15) is 32.5 Å². The molecule has 0 unspecified atom stereocenters. The summed E-state index contributed by atoms with van der Waals surface area (Å²) in [6.07, 6.45) is 5.72. The Morgan fingerprint density at radius 1 is 0.479 bits per heavy atom. The number of carbonyl (C=O) groups excluding carboxylic acids is 5. The van der Waals surface area contributed by atoms with Crippen molar-refractivity contribution in [1.29, 1.82) is 0 Å². The fraction of sp³-hybridized carbons (Fsp3) is 0.342. The quantitative estimate of drug-likeness (QED) is 0.0249. The second-order valence-electron chi connectivity index (χ2n) is 23.5. The number of aliphatic carboxylic acids is 1. The van der Waals surface area contributed by atoms with Crippen molar-refractivity contribution in [1.82, 2.24) is 30.4 Å². The Hall–Kier alpha value is -9.03. The first-order valence-electron chi connectivity index (χ1n) is 31.8. The second-order valence-corrected chi connectivity index (χ2v) is 25.5. The summed E-state index contributed by atoms with van der Waals surface area (Å²) in [5, 5.41) is 34.9. The molecule has 2 fully saturated rings. The van der Waals surface area contributed by atoms with E-state index in [0.717, 1.165) is 62.6 Å². The molecule has 2 saturated heterocycles. The number of aliphatic hydroxyl groups is 2. The fourth-order valence-electron chi connectivity index (χ4n) is 11.3. The summed E-state index contributed by atoms with van der Waals surface area (Å²) < 4.78 is 21.4. The van der Waals surface area contributed by atoms with Gasteiger partial charge in [-0.3, -0.25) is 24.6 Å². The number of aromatic nitrogens is 2. The lowest BCUT2D eigenvalue weighted by Crippen LogP contribution is -2.41. The van der Waals surface area contributed by atoms with E-state index in [2.05, 4.69) is 44.9 Å². The molecule has 4 amide bonds. The van der Waals surface area contributed by atoms with Crippen molar-refractivity contribution >= 4 is 71.2 Å². The standard InChI is InChI=1S/C37H41N3O6S.C23H27N3O2S.C13H15NO5.ClH/c41-32-21-34(40(23-32)37(44)46-24-29-14-8-3-9-15-29)35(42)20-30(18-27-10-4-1-5-11-27)16-17-31(19-28-12-6-2-7-13-28)39-36(43)45-25-33-22-38-26-47-33;24-20(13-18-7-3-1-4-8-18)11-12-21(14-19-9-5-2-6-10-19)26-23(27)28-16-22-15-25-17-29-22;15-10-6-11(12(16)17)14(7-10)13(18)19-8-9-4-2-1-3-5-9;/h1-15,22,26,30-32,34,41H,16-21,23-25H2,(H,39,43);1-10,15,17,20-21H,11-14,16,24H2,(H,26,27);1-5,10-11,15H,6-8H2,(H,16,17);1H/t30-,31-,32-,34+;20-,21-;10-,11+;/m111./s1. The van der Waals surface area contributed by atoms with Gasteiger partial charge in [0.25, 0.3) is 0 Å². The van der Waals surface area contributed by atoms with Crippen LogP contribution in [0.3, 0.4) is 0 Å². The molecule has 4 heterocycles. The largest absolute Gasteiger partial charge is 0.480 e. The van der Waals surface area contributed by atoms with Gasteiger partial charge in [-0.25, -0.2) is 24.0 Å². The molecule has 2 aromatic heterocycles. The van der Waals surface area contributed by atoms with Crippen LogP contribution in [-0.4, -0.2) is 127 Å². The van der Waals surface area contributed by atoms with Gasteiger partial charge in [-0.2, -0.15) is 0 Å². The van der Waals surface area contributed by atoms with Crippen LogP contribution in [-0.2, 0) is 80.6 Å². The summed E-state index contributed by atoms with van der Waals surface area (Å²) in [4.78, 5) is 87.0. The number of benzene rings is 6. The number of likely N-dealkylation sites (tertiary alicyclic amines) is 2. The van der Waals surface area contributed by atoms with Crippen molar-refractivity contribution in [2.45, 2.75) is 139 Å². The molecular weight excluding hydrogens is 1280 g/mol. The second kappa shape index (κ2) is 40.4. The number of ketones is 1. The predicted octanol–water partition coefficient (Wildman–Crippen LogP) is 11.9. The molecule has 96 heavy (non-hydrogen) atoms. The van der Waals surface area contributed by atoms with E-state index in [1.54, 1.807) is 35.5 Å². The van der Waals surface area contributed by atoms with Crippen molar-refractivity contribution in [3.8, 4) is 0 Å². The number of ether oxygens (including phenoxy) is 4. The van der Waals surface area contributed by atoms with Crippen LogP contribution in [0.25, 0.3) is 0 Å². The molecule has 10 rings (SSSR count). The van der Waals surface area contributed by atoms with E-state index in [-0.39, 0.29) is 101 Å². The van der Waals surface area contributed by atoms with E-state index in [1.165, 1.54) is 38.7 Å². The van der Waals surface area contributed by atoms with Gasteiger partial charge in [-0.1, -0.05) is 182 Å². The van der Waals surface area contributed by atoms with Gasteiger partial charge in [0, 0.05) is 49.8 Å². The zero-order valence-corrected chi connectivity index (χ0v) is 55.7. The maximum absolute atomic E-state index is 13.8. The third-order valence-corrected chi connectivity index (χ3v) is 17.6. The van der Waals surface area contributed by atoms with Gasteiger partial charge >= 0.3 is 30.3 Å². The summed E-state index contributed by atoms with van der Waals surface area (Å²) in [5.74, 6) is -1.29. The van der Waals surface area contributed by atoms with Crippen LogP contribution in [0.5, 0.6) is 0 Å². The van der Waals surface area contributed by atoms with Gasteiger partial charge in [-0.15, -0.1) is 35.1 Å². The van der Waals surface area contributed by atoms with Crippen LogP contribution in [0.15, 0.2) is 205 Å². The van der Waals surface area contributed by atoms with Crippen molar-refractivity contribution in [3.05, 3.63) is 249 Å². The van der Waals surface area contributed by atoms with Gasteiger partial charge < -0.3 is 50.6 Å². The Morgan fingerprint density at radius 3 is 1.24 bits per heavy atom. The minimum Gasteiger partial charge on any atom is -0.480 e. The Morgan fingerprint density at radius 2 is 0.844 bits per heavy atom. The highest BCUT2D eigenvalue weighted by molar-refractivity contribution is 7.09. The first-order chi connectivity index (χ1) is 46.2. The number of nitrogens with two attached hydrogens (primary N) is 1. The lowest BCUT2D eigenvalue weighted by atomic mass is 9.86. The van der Waals surface area contributed by atoms with E-state index in [1.807, 2.05) is 146 Å². The van der Waals surface area contributed by atoms with Crippen molar-refractivity contribution in [2.75, 3.05) is 13.1 Å². The van der Waals surface area contributed by atoms with Crippen LogP contribution in [0.4, 0.5) is 19.2 Å². The third-order valence-electron chi connectivity index (χ3n) is 16.1. The number of alkyl carbamates (subject to hydrolysis) is 2. The van der Waals surface area contributed by atoms with E-state index in [0.29, 0.717) is 25.7 Å². The molecule has 23 heteroatoms. The lowest BCUT2D eigenvalue weighted by molar-refractivity contribution is -0.141. The molecule has 0 radical (unpaired) electrons. The number of carboxylic acids is 1. The van der Waals surface area contributed by atoms with E-state index in [4.69, 9.17) is 29.8 Å². The summed E-state index contributed by atoms with van der Waals surface area (Å²) >= 11 is 2.89. The highest BCUT2D eigenvalue weighted by Crippen LogP contribution is 2.28. The highest BCUT2D eigenvalue weighted by atomic mass is 35.5. The zero-order chi connectivity index (χ0) is 67.0. The predicted molar refractivity (Wildman–Crippen MR) is 369 cm³/mol. The number of nitrogens with one attached hydrogen (secondary N) is 2. The number of Topliss-reactive ketones (excluding diaryl/α,β-unsaturated/α-hetero) is 1. The number of amides is 4. The highest BCUT2D eigenvalue weighted by Gasteiger charge is 2.41. The number of carboxylic acid groups (broad SMARTS) is 1. The molecule has 0 aliphatic carbocycles. The number of hydrogen-bond donors (Lipinski definition) is 6. The number of thiazole rings is 2. The molecule has 8 atom stereocenters. The summed E-state index contributed by atoms with van der Waals surface area (Å²) in [7, 11) is 0. The zero-order valence-electron chi connectivity index (χ0n) is 53.3. The number of carbonyl (C=O) groups is 6. The van der Waals surface area contributed by atoms with Crippen LogP contribution in [0.1, 0.15) is 88.1 Å². The summed E-state index contributed by atoms with van der Waals surface area (Å²) in [6.45, 7) is 0.606. The number of nitrogens with zero attached hydrogens (tertiary/aromatic N) is 4. The van der Waals surface area contributed by atoms with Crippen LogP contribution < -0.4 is 16.4 Å². The first kappa shape index (κ1) is 74.4. The van der Waals surface area contributed by atoms with Crippen molar-refractivity contribution in [2.24, 2.45) is 11.7 Å². The maximum Gasteiger partial charge on any atom is 0.410 e. The lowest BCUT2D eigenvalue weighted by Gasteiger charge is -2.26. The third kappa shape index (κ3) is 26.3. The molecule has 0 bridgehead atoms. The van der Waals surface area contributed by atoms with E-state index in [9.17, 15) is 39.0 Å². The molecule has 7 N–H and O–H groups in total. The molecule has 6 aromatic carbocycles. The molecule has 508 valence electrons. The molecule has 0 saturated carbocycles. The number of rotatable bonds is 28. The van der Waals surface area contributed by atoms with Gasteiger partial charge in [0.2, 0.25) is 0 Å². The number of hydrogen-bond acceptors (Lipinski definition) is 17. The van der Waals surface area contributed by atoms with E-state index < -0.39 is 54.6 Å². The SMILES string of the molecule is Cl.N[C@H](CC[C@H](Cc1ccccc1)NC(=O)OCc1cncs1)Cc1ccccc1.O=C(N[C@H](CC[C@@H](CC(=O)[C@@H]1C[C@@H](O)CN1C(=O)OCc1ccccc1)Cc1ccccc1)Cc1ccccc1)OCc1cncs1.O=C(O)[C@@H]1C[C@@H](O)CN1C(=O)OCc1ccccc1. The summed E-state index contributed by atoms with van der Waals surface area (Å²) in [5.41, 5.74) is 16.0. The number of halogens is 1. The average molecular weight is 1370 g/mol. The minimum atomic E-state index is -1.13. The molecule has 2 aliphatic rings. The maximum atomic E-state index is 13.8. The summed E-state index contributed by atoms with van der Waals surface area (Å²) in [6, 6.07) is 56.8.